The molecule has 0 aliphatic rings. The molecule has 5 nitrogen and oxygen atoms in total. The fourth-order valence-electron chi connectivity index (χ4n) is 2.58. The second kappa shape index (κ2) is 6.16. The van der Waals surface area contributed by atoms with E-state index in [4.69, 9.17) is 9.52 Å². The molecule has 2 aromatic rings. The van der Waals surface area contributed by atoms with Crippen molar-refractivity contribution in [3.05, 3.63) is 23.8 Å². The maximum absolute atomic E-state index is 10.9. The summed E-state index contributed by atoms with van der Waals surface area (Å²) in [4.78, 5) is 15.3. The van der Waals surface area contributed by atoms with Gasteiger partial charge in [0.2, 0.25) is 0 Å². The zero-order valence-electron chi connectivity index (χ0n) is 12.9. The van der Waals surface area contributed by atoms with Crippen LogP contribution in [0.3, 0.4) is 0 Å². The monoisotopic (exact) mass is 290 g/mol. The third-order valence-corrected chi connectivity index (χ3v) is 3.84. The van der Waals surface area contributed by atoms with Crippen LogP contribution < -0.4 is 5.32 Å². The van der Waals surface area contributed by atoms with Gasteiger partial charge >= 0.3 is 5.97 Å². The molecule has 1 aromatic carbocycles. The number of aromatic nitrogens is 1. The molecule has 0 aliphatic carbocycles. The number of nitrogens with one attached hydrogen (secondary N) is 1. The summed E-state index contributed by atoms with van der Waals surface area (Å²) in [5.41, 5.74) is 1.35. The first-order valence-electron chi connectivity index (χ1n) is 7.26. The lowest BCUT2D eigenvalue weighted by atomic mass is 9.85. The van der Waals surface area contributed by atoms with E-state index in [1.807, 2.05) is 0 Å². The zero-order valence-corrected chi connectivity index (χ0v) is 12.9. The summed E-state index contributed by atoms with van der Waals surface area (Å²) < 4.78 is 5.58. The van der Waals surface area contributed by atoms with Crippen LogP contribution in [0.15, 0.2) is 22.6 Å². The van der Waals surface area contributed by atoms with Crippen LogP contribution in [0.2, 0.25) is 0 Å². The second-order valence-electron chi connectivity index (χ2n) is 6.04. The Hall–Kier alpha value is -2.04. The van der Waals surface area contributed by atoms with Crippen LogP contribution in [0.25, 0.3) is 11.1 Å². The van der Waals surface area contributed by atoms with E-state index in [0.29, 0.717) is 34.9 Å². The van der Waals surface area contributed by atoms with Crippen LogP contribution in [0.5, 0.6) is 0 Å². The maximum atomic E-state index is 10.9. The van der Waals surface area contributed by atoms with Crippen molar-refractivity contribution in [2.75, 3.05) is 11.9 Å². The highest BCUT2D eigenvalue weighted by Gasteiger charge is 2.18. The molecule has 21 heavy (non-hydrogen) atoms. The number of oxazole rings is 1. The van der Waals surface area contributed by atoms with Crippen LogP contribution >= 0.6 is 0 Å². The predicted molar refractivity (Wildman–Crippen MR) is 82.6 cm³/mol. The van der Waals surface area contributed by atoms with Crippen LogP contribution in [-0.4, -0.2) is 22.6 Å². The number of nitrogens with zero attached hydrogens (tertiary/aromatic N) is 1. The van der Waals surface area contributed by atoms with E-state index in [0.717, 1.165) is 6.54 Å². The largest absolute Gasteiger partial charge is 0.478 e. The molecule has 0 saturated carbocycles. The molecule has 0 atom stereocenters. The molecular formula is C16H22N2O3. The molecule has 0 saturated heterocycles. The lowest BCUT2D eigenvalue weighted by molar-refractivity contribution is 0.0697. The van der Waals surface area contributed by atoms with Crippen molar-refractivity contribution in [1.29, 1.82) is 0 Å². The Morgan fingerprint density at radius 1 is 1.29 bits per heavy atom. The number of hydrogen-bond acceptors (Lipinski definition) is 4. The second-order valence-corrected chi connectivity index (χ2v) is 6.04. The molecular weight excluding hydrogens is 268 g/mol. The molecule has 2 N–H and O–H groups in total. The number of hydrogen-bond donors (Lipinski definition) is 2. The first-order valence-corrected chi connectivity index (χ1v) is 7.26. The number of fused-ring (bicyclic) bond motifs is 1. The minimum absolute atomic E-state index is 0.201. The average molecular weight is 290 g/mol. The third-order valence-electron chi connectivity index (χ3n) is 3.84. The van der Waals surface area contributed by atoms with Crippen molar-refractivity contribution in [3.8, 4) is 0 Å². The van der Waals surface area contributed by atoms with Gasteiger partial charge in [-0.1, -0.05) is 27.7 Å². The number of carbonyl (C=O) groups is 1. The fourth-order valence-corrected chi connectivity index (χ4v) is 2.58. The lowest BCUT2D eigenvalue weighted by Crippen LogP contribution is -2.24. The summed E-state index contributed by atoms with van der Waals surface area (Å²) in [5, 5.41) is 12.2. The summed E-state index contributed by atoms with van der Waals surface area (Å²) in [7, 11) is 0. The van der Waals surface area contributed by atoms with E-state index in [9.17, 15) is 4.79 Å². The molecule has 1 heterocycles. The number of benzene rings is 1. The molecule has 0 fully saturated rings. The normalized spacial score (nSPS) is 11.8. The van der Waals surface area contributed by atoms with E-state index >= 15 is 0 Å². The van der Waals surface area contributed by atoms with Gasteiger partial charge in [0.1, 0.15) is 5.52 Å². The number of rotatable bonds is 6. The number of anilines is 1. The average Bonchev–Trinajstić information content (AvgIpc) is 2.79. The van der Waals surface area contributed by atoms with Gasteiger partial charge in [0, 0.05) is 6.54 Å². The number of carboxylic acid groups (broad SMARTS) is 1. The molecule has 2 rings (SSSR count). The zero-order chi connectivity index (χ0) is 15.6. The van der Waals surface area contributed by atoms with Crippen molar-refractivity contribution in [1.82, 2.24) is 4.98 Å². The Labute approximate surface area is 124 Å². The number of aromatic carboxylic acids is 1. The van der Waals surface area contributed by atoms with Crippen molar-refractivity contribution >= 4 is 23.1 Å². The highest BCUT2D eigenvalue weighted by molar-refractivity contribution is 5.92. The molecule has 0 spiro atoms. The van der Waals surface area contributed by atoms with Crippen molar-refractivity contribution in [3.63, 3.8) is 0 Å². The lowest BCUT2D eigenvalue weighted by Gasteiger charge is -2.24. The summed E-state index contributed by atoms with van der Waals surface area (Å²) in [6.07, 6.45) is 0. The summed E-state index contributed by atoms with van der Waals surface area (Å²) >= 11 is 0. The molecule has 0 bridgehead atoms. The SMILES string of the molecule is CC(C)C(CNc1nc2ccc(C(=O)O)cc2o1)C(C)C. The fraction of sp³-hybridized carbons (Fsp3) is 0.500. The van der Waals surface area contributed by atoms with Gasteiger partial charge in [-0.3, -0.25) is 0 Å². The van der Waals surface area contributed by atoms with E-state index in [-0.39, 0.29) is 5.56 Å². The molecule has 0 amide bonds. The first-order chi connectivity index (χ1) is 9.88. The highest BCUT2D eigenvalue weighted by Crippen LogP contribution is 2.23. The number of carboxylic acids is 1. The Morgan fingerprint density at radius 3 is 2.52 bits per heavy atom. The molecule has 0 radical (unpaired) electrons. The summed E-state index contributed by atoms with van der Waals surface area (Å²) in [6, 6.07) is 5.13. The van der Waals surface area contributed by atoms with Gasteiger partial charge in [-0.2, -0.15) is 4.98 Å². The molecule has 0 aliphatic heterocycles. The molecule has 114 valence electrons. The Balaban J connectivity index is 2.14. The summed E-state index contributed by atoms with van der Waals surface area (Å²) in [5.74, 6) is 0.693. The molecule has 1 aromatic heterocycles. The smallest absolute Gasteiger partial charge is 0.335 e. The van der Waals surface area contributed by atoms with E-state index in [1.165, 1.54) is 12.1 Å². The van der Waals surface area contributed by atoms with Gasteiger partial charge in [-0.15, -0.1) is 0 Å². The van der Waals surface area contributed by atoms with Crippen LogP contribution in [0.4, 0.5) is 6.01 Å². The molecule has 5 heteroatoms. The van der Waals surface area contributed by atoms with Crippen molar-refractivity contribution < 1.29 is 14.3 Å². The van der Waals surface area contributed by atoms with Gasteiger partial charge in [-0.05, 0) is 36.0 Å². The van der Waals surface area contributed by atoms with Gasteiger partial charge < -0.3 is 14.8 Å². The topological polar surface area (TPSA) is 75.4 Å². The van der Waals surface area contributed by atoms with Crippen LogP contribution in [-0.2, 0) is 0 Å². The van der Waals surface area contributed by atoms with Gasteiger partial charge in [0.25, 0.3) is 6.01 Å². The predicted octanol–water partition coefficient (Wildman–Crippen LogP) is 3.87. The van der Waals surface area contributed by atoms with Crippen molar-refractivity contribution in [2.24, 2.45) is 17.8 Å². The third kappa shape index (κ3) is 3.54. The summed E-state index contributed by atoms with van der Waals surface area (Å²) in [6.45, 7) is 9.61. The minimum atomic E-state index is -0.970. The Morgan fingerprint density at radius 2 is 1.95 bits per heavy atom. The van der Waals surface area contributed by atoms with Crippen LogP contribution in [0, 0.1) is 17.8 Å². The standard InChI is InChI=1S/C16H22N2O3/c1-9(2)12(10(3)4)8-17-16-18-13-6-5-11(15(19)20)7-14(13)21-16/h5-7,9-10,12H,8H2,1-4H3,(H,17,18)(H,19,20). The maximum Gasteiger partial charge on any atom is 0.335 e. The first kappa shape index (κ1) is 15.4. The van der Waals surface area contributed by atoms with E-state index in [2.05, 4.69) is 38.0 Å². The minimum Gasteiger partial charge on any atom is -0.478 e. The Bertz CT molecular complexity index is 623. The van der Waals surface area contributed by atoms with E-state index in [1.54, 1.807) is 6.07 Å². The van der Waals surface area contributed by atoms with Gasteiger partial charge in [0.15, 0.2) is 5.58 Å². The Kier molecular flexibility index (Phi) is 4.50. The molecule has 0 unspecified atom stereocenters. The van der Waals surface area contributed by atoms with E-state index < -0.39 is 5.97 Å². The van der Waals surface area contributed by atoms with Gasteiger partial charge in [-0.25, -0.2) is 4.79 Å². The van der Waals surface area contributed by atoms with Crippen LogP contribution in [0.1, 0.15) is 38.1 Å². The quantitative estimate of drug-likeness (QED) is 0.844. The van der Waals surface area contributed by atoms with Gasteiger partial charge in [0.05, 0.1) is 5.56 Å². The highest BCUT2D eigenvalue weighted by atomic mass is 16.4. The van der Waals surface area contributed by atoms with Crippen molar-refractivity contribution in [2.45, 2.75) is 27.7 Å².